The summed E-state index contributed by atoms with van der Waals surface area (Å²) in [6.07, 6.45) is 3.60. The molecular weight excluding hydrogens is 470 g/mol. The van der Waals surface area contributed by atoms with Crippen LogP contribution in [0.5, 0.6) is 11.5 Å². The maximum absolute atomic E-state index is 13.2. The van der Waals surface area contributed by atoms with Gasteiger partial charge in [0.15, 0.2) is 11.5 Å². The normalized spacial score (nSPS) is 17.2. The first-order valence-electron chi connectivity index (χ1n) is 11.3. The zero-order valence-corrected chi connectivity index (χ0v) is 20.8. The number of amides is 2. The predicted molar refractivity (Wildman–Crippen MR) is 134 cm³/mol. The van der Waals surface area contributed by atoms with E-state index in [1.54, 1.807) is 25.6 Å². The second-order valence-electron chi connectivity index (χ2n) is 8.52. The first kappa shape index (κ1) is 22.9. The minimum Gasteiger partial charge on any atom is -0.493 e. The first-order chi connectivity index (χ1) is 16.5. The fourth-order valence-electron chi connectivity index (χ4n) is 5.05. The Kier molecular flexibility index (Phi) is 6.33. The van der Waals surface area contributed by atoms with E-state index < -0.39 is 5.91 Å². The Balaban J connectivity index is 1.43. The Morgan fingerprint density at radius 3 is 2.68 bits per heavy atom. The number of hydrogen-bond donors (Lipinski definition) is 2. The van der Waals surface area contributed by atoms with E-state index in [2.05, 4.69) is 21.7 Å². The highest BCUT2D eigenvalue weighted by Gasteiger charge is 2.33. The summed E-state index contributed by atoms with van der Waals surface area (Å²) in [6.45, 7) is 0.930. The third kappa shape index (κ3) is 4.08. The number of nitrogens with two attached hydrogens (primary N) is 1. The molecule has 2 aromatic heterocycles. The second-order valence-corrected chi connectivity index (χ2v) is 10.6. The van der Waals surface area contributed by atoms with Gasteiger partial charge in [-0.15, -0.1) is 22.7 Å². The monoisotopic (exact) mass is 497 g/mol. The van der Waals surface area contributed by atoms with Crippen LogP contribution in [0.4, 0.5) is 5.00 Å². The van der Waals surface area contributed by atoms with Crippen molar-refractivity contribution in [3.8, 4) is 11.5 Å². The van der Waals surface area contributed by atoms with Crippen LogP contribution in [0.2, 0.25) is 0 Å². The molecule has 9 heteroatoms. The van der Waals surface area contributed by atoms with E-state index in [0.717, 1.165) is 53.1 Å². The van der Waals surface area contributed by atoms with Gasteiger partial charge in [0.25, 0.3) is 5.91 Å². The van der Waals surface area contributed by atoms with Gasteiger partial charge >= 0.3 is 0 Å². The number of methoxy groups -OCH3 is 2. The Morgan fingerprint density at radius 2 is 1.97 bits per heavy atom. The van der Waals surface area contributed by atoms with Crippen molar-refractivity contribution < 1.29 is 19.1 Å². The number of hydrogen-bond acceptors (Lipinski definition) is 7. The number of aryl methyl sites for hydroxylation is 1. The largest absolute Gasteiger partial charge is 0.493 e. The third-order valence-electron chi connectivity index (χ3n) is 6.55. The number of ether oxygens (including phenoxy) is 2. The number of carbonyl (C=O) groups excluding carboxylic acids is 2. The molecule has 1 aliphatic carbocycles. The number of anilines is 1. The van der Waals surface area contributed by atoms with E-state index in [9.17, 15) is 9.59 Å². The number of rotatable bonds is 7. The van der Waals surface area contributed by atoms with Crippen molar-refractivity contribution in [1.82, 2.24) is 4.90 Å². The molecule has 2 aliphatic rings. The Hall–Kier alpha value is -2.88. The van der Waals surface area contributed by atoms with Gasteiger partial charge in [0.1, 0.15) is 5.00 Å². The lowest BCUT2D eigenvalue weighted by molar-refractivity contribution is -0.117. The van der Waals surface area contributed by atoms with Crippen LogP contribution in [-0.4, -0.2) is 44.0 Å². The number of benzene rings is 1. The molecule has 0 saturated heterocycles. The average molecular weight is 498 g/mol. The summed E-state index contributed by atoms with van der Waals surface area (Å²) < 4.78 is 11.1. The fourth-order valence-corrected chi connectivity index (χ4v) is 7.24. The molecule has 5 rings (SSSR count). The van der Waals surface area contributed by atoms with Crippen molar-refractivity contribution in [3.05, 3.63) is 61.7 Å². The second kappa shape index (κ2) is 9.40. The van der Waals surface area contributed by atoms with Gasteiger partial charge in [0.2, 0.25) is 5.91 Å². The number of carbonyl (C=O) groups is 2. The van der Waals surface area contributed by atoms with E-state index in [1.165, 1.54) is 16.9 Å². The quantitative estimate of drug-likeness (QED) is 0.515. The maximum Gasteiger partial charge on any atom is 0.251 e. The number of fused-ring (bicyclic) bond motifs is 2. The van der Waals surface area contributed by atoms with Gasteiger partial charge in [-0.2, -0.15) is 0 Å². The molecule has 1 aromatic carbocycles. The molecule has 1 aliphatic heterocycles. The van der Waals surface area contributed by atoms with Crippen LogP contribution in [0.15, 0.2) is 29.6 Å². The first-order valence-corrected chi connectivity index (χ1v) is 13.0. The van der Waals surface area contributed by atoms with E-state index in [0.29, 0.717) is 22.1 Å². The van der Waals surface area contributed by atoms with Crippen molar-refractivity contribution in [2.75, 3.05) is 32.6 Å². The van der Waals surface area contributed by atoms with Crippen molar-refractivity contribution in [2.45, 2.75) is 31.7 Å². The minimum absolute atomic E-state index is 0.0711. The molecule has 0 radical (unpaired) electrons. The number of primary amides is 1. The van der Waals surface area contributed by atoms with Crippen molar-refractivity contribution >= 4 is 39.5 Å². The van der Waals surface area contributed by atoms with Gasteiger partial charge in [0.05, 0.1) is 32.4 Å². The SMILES string of the molecule is COc1cc2c(cc1OC)[C@@H](c1cccs1)N(CC(=O)Nc1sc3c(c1C(N)=O)CCC3)CC2. The molecule has 178 valence electrons. The molecule has 2 amide bonds. The predicted octanol–water partition coefficient (Wildman–Crippen LogP) is 4.00. The summed E-state index contributed by atoms with van der Waals surface area (Å²) in [5, 5.41) is 5.63. The zero-order chi connectivity index (χ0) is 23.8. The van der Waals surface area contributed by atoms with E-state index in [4.69, 9.17) is 15.2 Å². The van der Waals surface area contributed by atoms with Crippen LogP contribution in [0.3, 0.4) is 0 Å². The Labute approximate surface area is 206 Å². The van der Waals surface area contributed by atoms with E-state index >= 15 is 0 Å². The third-order valence-corrected chi connectivity index (χ3v) is 8.69. The van der Waals surface area contributed by atoms with Crippen molar-refractivity contribution in [1.29, 1.82) is 0 Å². The van der Waals surface area contributed by atoms with Crippen molar-refractivity contribution in [2.24, 2.45) is 5.73 Å². The molecule has 1 atom stereocenters. The molecule has 0 unspecified atom stereocenters. The lowest BCUT2D eigenvalue weighted by Crippen LogP contribution is -2.41. The van der Waals surface area contributed by atoms with Crippen LogP contribution in [0.1, 0.15) is 49.3 Å². The molecule has 34 heavy (non-hydrogen) atoms. The lowest BCUT2D eigenvalue weighted by atomic mass is 9.91. The van der Waals surface area contributed by atoms with Crippen molar-refractivity contribution in [3.63, 3.8) is 0 Å². The van der Waals surface area contributed by atoms with Crippen LogP contribution < -0.4 is 20.5 Å². The molecule has 3 heterocycles. The smallest absolute Gasteiger partial charge is 0.251 e. The number of thiophene rings is 2. The molecule has 3 N–H and O–H groups in total. The Morgan fingerprint density at radius 1 is 1.18 bits per heavy atom. The molecule has 3 aromatic rings. The number of nitrogens with zero attached hydrogens (tertiary/aromatic N) is 1. The molecule has 0 saturated carbocycles. The Bertz CT molecular complexity index is 1240. The highest BCUT2D eigenvalue weighted by atomic mass is 32.1. The molecule has 0 spiro atoms. The van der Waals surface area contributed by atoms with Gasteiger partial charge < -0.3 is 20.5 Å². The van der Waals surface area contributed by atoms with Gasteiger partial charge in [-0.3, -0.25) is 14.5 Å². The molecular formula is C25H27N3O4S2. The summed E-state index contributed by atoms with van der Waals surface area (Å²) in [7, 11) is 3.27. The maximum atomic E-state index is 13.2. The van der Waals surface area contributed by atoms with Gasteiger partial charge in [-0.25, -0.2) is 0 Å². The van der Waals surface area contributed by atoms with E-state index in [1.807, 2.05) is 18.2 Å². The average Bonchev–Trinajstić information content (AvgIpc) is 3.55. The summed E-state index contributed by atoms with van der Waals surface area (Å²) >= 11 is 3.15. The summed E-state index contributed by atoms with van der Waals surface area (Å²) in [6, 6.07) is 8.12. The van der Waals surface area contributed by atoms with E-state index in [-0.39, 0.29) is 18.5 Å². The van der Waals surface area contributed by atoms with Gasteiger partial charge in [-0.05, 0) is 66.0 Å². The lowest BCUT2D eigenvalue weighted by Gasteiger charge is -2.37. The van der Waals surface area contributed by atoms with Gasteiger partial charge in [0, 0.05) is 16.3 Å². The molecule has 0 fully saturated rings. The highest BCUT2D eigenvalue weighted by molar-refractivity contribution is 7.17. The van der Waals surface area contributed by atoms with Crippen LogP contribution in [-0.2, 0) is 24.1 Å². The summed E-state index contributed by atoms with van der Waals surface area (Å²) in [5.74, 6) is 0.766. The molecule has 7 nitrogen and oxygen atoms in total. The van der Waals surface area contributed by atoms with Gasteiger partial charge in [-0.1, -0.05) is 6.07 Å². The number of nitrogens with one attached hydrogen (secondary N) is 1. The van der Waals surface area contributed by atoms with Crippen LogP contribution in [0, 0.1) is 0 Å². The standard InChI is InChI=1S/C25H27N3O4S2/c1-31-17-11-14-8-9-28(23(20-7-4-10-33-20)16(14)12-18(17)32-2)13-21(29)27-25-22(24(26)30)15-5-3-6-19(15)34-25/h4,7,10-12,23H,3,5-6,8-9,13H2,1-2H3,(H2,26,30)(H,27,29)/t23-/m0/s1. The minimum atomic E-state index is -0.473. The fraction of sp³-hybridized carbons (Fsp3) is 0.360. The zero-order valence-electron chi connectivity index (χ0n) is 19.2. The highest BCUT2D eigenvalue weighted by Crippen LogP contribution is 2.42. The van der Waals surface area contributed by atoms with Crippen LogP contribution in [0.25, 0.3) is 0 Å². The topological polar surface area (TPSA) is 93.9 Å². The summed E-state index contributed by atoms with van der Waals surface area (Å²) in [5.41, 5.74) is 9.48. The summed E-state index contributed by atoms with van der Waals surface area (Å²) in [4.78, 5) is 29.8. The van der Waals surface area contributed by atoms with Crippen LogP contribution >= 0.6 is 22.7 Å². The molecule has 0 bridgehead atoms.